The second-order valence-electron chi connectivity index (χ2n) is 5.76. The lowest BCUT2D eigenvalue weighted by Gasteiger charge is -2.35. The van der Waals surface area contributed by atoms with Gasteiger partial charge in [0, 0.05) is 30.7 Å². The van der Waals surface area contributed by atoms with Gasteiger partial charge in [-0.3, -0.25) is 4.90 Å². The van der Waals surface area contributed by atoms with E-state index >= 15 is 0 Å². The maximum absolute atomic E-state index is 13.2. The quantitative estimate of drug-likeness (QED) is 0.944. The van der Waals surface area contributed by atoms with Crippen LogP contribution in [0.5, 0.6) is 0 Å². The Kier molecular flexibility index (Phi) is 4.03. The number of nitrogens with two attached hydrogens (primary N) is 1. The van der Waals surface area contributed by atoms with E-state index in [9.17, 15) is 4.39 Å². The monoisotopic (exact) mass is 289 g/mol. The van der Waals surface area contributed by atoms with Crippen molar-refractivity contribution in [2.45, 2.75) is 38.4 Å². The second kappa shape index (κ2) is 5.95. The van der Waals surface area contributed by atoms with Crippen LogP contribution in [0.4, 0.5) is 4.39 Å². The van der Waals surface area contributed by atoms with Crippen LogP contribution in [0.2, 0.25) is 0 Å². The molecule has 0 saturated carbocycles. The Labute approximate surface area is 123 Å². The first kappa shape index (κ1) is 14.2. The molecule has 2 heterocycles. The van der Waals surface area contributed by atoms with Gasteiger partial charge in [-0.1, -0.05) is 6.07 Å². The van der Waals surface area contributed by atoms with Gasteiger partial charge in [0.25, 0.3) is 0 Å². The summed E-state index contributed by atoms with van der Waals surface area (Å²) in [5.74, 6) is 0.178. The van der Waals surface area contributed by atoms with E-state index in [2.05, 4.69) is 16.8 Å². The predicted octanol–water partition coefficient (Wildman–Crippen LogP) is 2.79. The number of aromatic nitrogens is 1. The predicted molar refractivity (Wildman–Crippen MR) is 79.0 cm³/mol. The van der Waals surface area contributed by atoms with Crippen LogP contribution in [0.1, 0.15) is 25.5 Å². The van der Waals surface area contributed by atoms with Crippen LogP contribution in [0.3, 0.4) is 0 Å². The fourth-order valence-corrected chi connectivity index (χ4v) is 2.83. The van der Waals surface area contributed by atoms with Crippen LogP contribution >= 0.6 is 0 Å². The van der Waals surface area contributed by atoms with Gasteiger partial charge in [-0.25, -0.2) is 9.37 Å². The van der Waals surface area contributed by atoms with E-state index in [1.165, 1.54) is 12.1 Å². The largest absolute Gasteiger partial charge is 0.444 e. The average Bonchev–Trinajstić information content (AvgIpc) is 2.91. The van der Waals surface area contributed by atoms with Gasteiger partial charge in [-0.2, -0.15) is 0 Å². The summed E-state index contributed by atoms with van der Waals surface area (Å²) in [6.45, 7) is 3.91. The molecule has 0 spiro atoms. The lowest BCUT2D eigenvalue weighted by molar-refractivity contribution is 0.138. The summed E-state index contributed by atoms with van der Waals surface area (Å²) in [6.07, 6.45) is 3.68. The third-order valence-electron chi connectivity index (χ3n) is 4.04. The summed E-state index contributed by atoms with van der Waals surface area (Å²) in [5, 5.41) is 0. The molecule has 112 valence electrons. The molecule has 1 fully saturated rings. The molecule has 0 aliphatic carbocycles. The molecule has 2 aromatic rings. The number of benzene rings is 1. The van der Waals surface area contributed by atoms with Crippen LogP contribution in [0, 0.1) is 5.82 Å². The smallest absolute Gasteiger partial charge is 0.226 e. The summed E-state index contributed by atoms with van der Waals surface area (Å²) in [6, 6.07) is 7.04. The molecule has 5 heteroatoms. The SMILES string of the molecule is CC1CC(N)CCN1Cc1coc(-c2cccc(F)c2)n1. The minimum atomic E-state index is -0.286. The third kappa shape index (κ3) is 3.31. The molecular weight excluding hydrogens is 269 g/mol. The van der Waals surface area contributed by atoms with Crippen molar-refractivity contribution in [1.29, 1.82) is 0 Å². The van der Waals surface area contributed by atoms with Crippen molar-refractivity contribution in [3.8, 4) is 11.5 Å². The van der Waals surface area contributed by atoms with Crippen LogP contribution in [0.25, 0.3) is 11.5 Å². The second-order valence-corrected chi connectivity index (χ2v) is 5.76. The van der Waals surface area contributed by atoms with E-state index in [0.29, 0.717) is 23.5 Å². The number of hydrogen-bond donors (Lipinski definition) is 1. The Morgan fingerprint density at radius 1 is 1.48 bits per heavy atom. The molecular formula is C16H20FN3O. The fraction of sp³-hybridized carbons (Fsp3) is 0.438. The van der Waals surface area contributed by atoms with E-state index in [4.69, 9.17) is 10.2 Å². The topological polar surface area (TPSA) is 55.3 Å². The Bertz CT molecular complexity index is 613. The van der Waals surface area contributed by atoms with Gasteiger partial charge in [0.2, 0.25) is 5.89 Å². The van der Waals surface area contributed by atoms with Crippen molar-refractivity contribution >= 4 is 0 Å². The van der Waals surface area contributed by atoms with Gasteiger partial charge in [-0.05, 0) is 38.0 Å². The lowest BCUT2D eigenvalue weighted by atomic mass is 9.99. The molecule has 0 amide bonds. The summed E-state index contributed by atoms with van der Waals surface area (Å²) >= 11 is 0. The van der Waals surface area contributed by atoms with E-state index in [1.54, 1.807) is 18.4 Å². The molecule has 4 nitrogen and oxygen atoms in total. The number of rotatable bonds is 3. The molecule has 1 aromatic carbocycles. The molecule has 1 aliphatic heterocycles. The van der Waals surface area contributed by atoms with Gasteiger partial charge in [0.05, 0.1) is 5.69 Å². The van der Waals surface area contributed by atoms with E-state index in [1.807, 2.05) is 0 Å². The molecule has 0 radical (unpaired) electrons. The zero-order valence-corrected chi connectivity index (χ0v) is 12.1. The number of piperidine rings is 1. The molecule has 3 rings (SSSR count). The number of hydrogen-bond acceptors (Lipinski definition) is 4. The van der Waals surface area contributed by atoms with Gasteiger partial charge < -0.3 is 10.2 Å². The first-order chi connectivity index (χ1) is 10.1. The molecule has 2 unspecified atom stereocenters. The highest BCUT2D eigenvalue weighted by atomic mass is 19.1. The zero-order valence-electron chi connectivity index (χ0n) is 12.1. The zero-order chi connectivity index (χ0) is 14.8. The maximum Gasteiger partial charge on any atom is 0.226 e. The van der Waals surface area contributed by atoms with Crippen LogP contribution < -0.4 is 5.73 Å². The summed E-state index contributed by atoms with van der Waals surface area (Å²) in [7, 11) is 0. The lowest BCUT2D eigenvalue weighted by Crippen LogP contribution is -2.45. The third-order valence-corrected chi connectivity index (χ3v) is 4.04. The molecule has 2 atom stereocenters. The molecule has 1 aromatic heterocycles. The van der Waals surface area contributed by atoms with Gasteiger partial charge in [0.1, 0.15) is 12.1 Å². The number of nitrogens with zero attached hydrogens (tertiary/aromatic N) is 2. The van der Waals surface area contributed by atoms with E-state index < -0.39 is 0 Å². The van der Waals surface area contributed by atoms with Crippen molar-refractivity contribution < 1.29 is 8.81 Å². The first-order valence-electron chi connectivity index (χ1n) is 7.32. The van der Waals surface area contributed by atoms with Crippen molar-refractivity contribution in [3.63, 3.8) is 0 Å². The Morgan fingerprint density at radius 2 is 2.33 bits per heavy atom. The number of oxazole rings is 1. The van der Waals surface area contributed by atoms with Gasteiger partial charge in [-0.15, -0.1) is 0 Å². The van der Waals surface area contributed by atoms with Gasteiger partial charge in [0.15, 0.2) is 0 Å². The van der Waals surface area contributed by atoms with Gasteiger partial charge >= 0.3 is 0 Å². The van der Waals surface area contributed by atoms with Crippen molar-refractivity contribution in [2.75, 3.05) is 6.54 Å². The first-order valence-corrected chi connectivity index (χ1v) is 7.32. The highest BCUT2D eigenvalue weighted by Gasteiger charge is 2.24. The van der Waals surface area contributed by atoms with Crippen LogP contribution in [-0.4, -0.2) is 28.5 Å². The minimum absolute atomic E-state index is 0.286. The Morgan fingerprint density at radius 3 is 3.10 bits per heavy atom. The Balaban J connectivity index is 1.71. The van der Waals surface area contributed by atoms with Crippen molar-refractivity contribution in [3.05, 3.63) is 42.0 Å². The number of halogens is 1. The molecule has 0 bridgehead atoms. The number of likely N-dealkylation sites (tertiary alicyclic amines) is 1. The Hall–Kier alpha value is -1.72. The van der Waals surface area contributed by atoms with Crippen molar-refractivity contribution in [1.82, 2.24) is 9.88 Å². The van der Waals surface area contributed by atoms with E-state index in [0.717, 1.165) is 31.6 Å². The highest BCUT2D eigenvalue weighted by Crippen LogP contribution is 2.22. The summed E-state index contributed by atoms with van der Waals surface area (Å²) in [4.78, 5) is 6.82. The average molecular weight is 289 g/mol. The van der Waals surface area contributed by atoms with Crippen LogP contribution in [0.15, 0.2) is 34.9 Å². The molecule has 21 heavy (non-hydrogen) atoms. The molecule has 1 aliphatic rings. The summed E-state index contributed by atoms with van der Waals surface area (Å²) < 4.78 is 18.7. The fourth-order valence-electron chi connectivity index (χ4n) is 2.83. The maximum atomic E-state index is 13.2. The normalized spacial score (nSPS) is 23.4. The molecule has 1 saturated heterocycles. The molecule has 2 N–H and O–H groups in total. The highest BCUT2D eigenvalue weighted by molar-refractivity contribution is 5.52. The van der Waals surface area contributed by atoms with E-state index in [-0.39, 0.29) is 5.82 Å². The minimum Gasteiger partial charge on any atom is -0.444 e. The van der Waals surface area contributed by atoms with Crippen LogP contribution in [-0.2, 0) is 6.54 Å². The standard InChI is InChI=1S/C16H20FN3O/c1-11-7-14(18)5-6-20(11)9-15-10-21-16(19-15)12-3-2-4-13(17)8-12/h2-4,8,10-11,14H,5-7,9,18H2,1H3. The van der Waals surface area contributed by atoms with Crippen molar-refractivity contribution in [2.24, 2.45) is 5.73 Å². The summed E-state index contributed by atoms with van der Waals surface area (Å²) in [5.41, 5.74) is 7.51.